The van der Waals surface area contributed by atoms with E-state index in [9.17, 15) is 10.1 Å². The topological polar surface area (TPSA) is 76.2 Å². The van der Waals surface area contributed by atoms with Gasteiger partial charge in [0.25, 0.3) is 5.69 Å². The van der Waals surface area contributed by atoms with Gasteiger partial charge in [-0.25, -0.2) is 0 Å². The fourth-order valence-electron chi connectivity index (χ4n) is 1.74. The molecule has 5 nitrogen and oxygen atoms in total. The Labute approximate surface area is 121 Å². The molecule has 2 aromatic carbocycles. The van der Waals surface area contributed by atoms with Gasteiger partial charge in [-0.2, -0.15) is 5.26 Å². The number of rotatable bonds is 5. The van der Waals surface area contributed by atoms with Gasteiger partial charge in [0.1, 0.15) is 24.0 Å². The van der Waals surface area contributed by atoms with Crippen molar-refractivity contribution < 1.29 is 9.66 Å². The Hall–Kier alpha value is -3.13. The van der Waals surface area contributed by atoms with E-state index in [4.69, 9.17) is 10.00 Å². The summed E-state index contributed by atoms with van der Waals surface area (Å²) in [7, 11) is 0. The maximum atomic E-state index is 10.8. The number of nitriles is 1. The fourth-order valence-corrected chi connectivity index (χ4v) is 1.74. The molecule has 0 saturated heterocycles. The zero-order valence-electron chi connectivity index (χ0n) is 11.1. The first-order valence-electron chi connectivity index (χ1n) is 6.23. The lowest BCUT2D eigenvalue weighted by Gasteiger charge is -2.03. The van der Waals surface area contributed by atoms with Crippen LogP contribution in [0.25, 0.3) is 6.08 Å². The lowest BCUT2D eigenvalue weighted by molar-refractivity contribution is -0.385. The highest BCUT2D eigenvalue weighted by atomic mass is 16.6. The van der Waals surface area contributed by atoms with E-state index in [1.807, 2.05) is 42.5 Å². The minimum atomic E-state index is -0.592. The molecule has 2 rings (SSSR count). The Morgan fingerprint density at radius 1 is 1.24 bits per heavy atom. The van der Waals surface area contributed by atoms with Crippen LogP contribution in [0, 0.1) is 21.4 Å². The van der Waals surface area contributed by atoms with Gasteiger partial charge >= 0.3 is 0 Å². The molecule has 0 spiro atoms. The lowest BCUT2D eigenvalue weighted by Crippen LogP contribution is -1.97. The number of benzene rings is 2. The van der Waals surface area contributed by atoms with Crippen molar-refractivity contribution in [2.75, 3.05) is 6.61 Å². The van der Waals surface area contributed by atoms with Gasteiger partial charge in [0, 0.05) is 0 Å². The average molecular weight is 280 g/mol. The van der Waals surface area contributed by atoms with Crippen molar-refractivity contribution in [3.63, 3.8) is 0 Å². The molecule has 0 atom stereocenters. The highest BCUT2D eigenvalue weighted by molar-refractivity contribution is 5.52. The Balaban J connectivity index is 2.01. The number of nitrogens with zero attached hydrogens (tertiary/aromatic N) is 2. The monoisotopic (exact) mass is 280 g/mol. The molecule has 0 aliphatic carbocycles. The Morgan fingerprint density at radius 3 is 2.67 bits per heavy atom. The largest absolute Gasteiger partial charge is 0.489 e. The van der Waals surface area contributed by atoms with Crippen LogP contribution in [0.2, 0.25) is 0 Å². The van der Waals surface area contributed by atoms with E-state index in [1.54, 1.807) is 12.1 Å². The summed E-state index contributed by atoms with van der Waals surface area (Å²) in [6.45, 7) is 0.290. The van der Waals surface area contributed by atoms with Crippen molar-refractivity contribution in [3.8, 4) is 11.8 Å². The van der Waals surface area contributed by atoms with Crippen LogP contribution >= 0.6 is 0 Å². The third-order valence-corrected chi connectivity index (χ3v) is 2.74. The quantitative estimate of drug-likeness (QED) is 0.619. The van der Waals surface area contributed by atoms with Crippen LogP contribution in [0.3, 0.4) is 0 Å². The van der Waals surface area contributed by atoms with Crippen molar-refractivity contribution in [1.82, 2.24) is 0 Å². The lowest BCUT2D eigenvalue weighted by atomic mass is 10.2. The molecule has 5 heteroatoms. The minimum Gasteiger partial charge on any atom is -0.489 e. The van der Waals surface area contributed by atoms with E-state index in [0.29, 0.717) is 5.75 Å². The molecule has 0 amide bonds. The van der Waals surface area contributed by atoms with Gasteiger partial charge in [-0.3, -0.25) is 10.1 Å². The van der Waals surface area contributed by atoms with Crippen molar-refractivity contribution >= 4 is 11.8 Å². The summed E-state index contributed by atoms with van der Waals surface area (Å²) in [5, 5.41) is 19.6. The standard InChI is InChI=1S/C16H12N2O3/c17-12-14-8-9-15(11-16(14)18(19)20)21-10-4-7-13-5-2-1-3-6-13/h1-9,11H,10H2/b7-4+. The Kier molecular flexibility index (Phi) is 4.67. The SMILES string of the molecule is N#Cc1ccc(OC/C=C/c2ccccc2)cc1[N+](=O)[O-]. The van der Waals surface area contributed by atoms with Crippen LogP contribution in [0.5, 0.6) is 5.75 Å². The average Bonchev–Trinajstić information content (AvgIpc) is 2.52. The molecule has 0 aliphatic heterocycles. The first kappa shape index (κ1) is 14.3. The van der Waals surface area contributed by atoms with Gasteiger partial charge < -0.3 is 4.74 Å². The van der Waals surface area contributed by atoms with Crippen molar-refractivity contribution in [1.29, 1.82) is 5.26 Å². The summed E-state index contributed by atoms with van der Waals surface area (Å²) in [5.74, 6) is 0.360. The highest BCUT2D eigenvalue weighted by Crippen LogP contribution is 2.24. The molecule has 0 aromatic heterocycles. The van der Waals surface area contributed by atoms with Crippen LogP contribution in [0.1, 0.15) is 11.1 Å². The number of ether oxygens (including phenoxy) is 1. The molecule has 0 radical (unpaired) electrons. The van der Waals surface area contributed by atoms with Gasteiger partial charge in [-0.15, -0.1) is 0 Å². The Bertz CT molecular complexity index is 703. The molecule has 0 saturated carbocycles. The summed E-state index contributed by atoms with van der Waals surface area (Å²) in [6.07, 6.45) is 3.72. The van der Waals surface area contributed by atoms with E-state index in [2.05, 4.69) is 0 Å². The highest BCUT2D eigenvalue weighted by Gasteiger charge is 2.14. The van der Waals surface area contributed by atoms with E-state index in [-0.39, 0.29) is 17.9 Å². The summed E-state index contributed by atoms with van der Waals surface area (Å²) in [4.78, 5) is 10.2. The maximum Gasteiger partial charge on any atom is 0.290 e. The molecule has 0 heterocycles. The second-order valence-corrected chi connectivity index (χ2v) is 4.17. The van der Waals surface area contributed by atoms with E-state index >= 15 is 0 Å². The van der Waals surface area contributed by atoms with E-state index in [1.165, 1.54) is 12.1 Å². The predicted octanol–water partition coefficient (Wildman–Crippen LogP) is 3.56. The number of hydrogen-bond acceptors (Lipinski definition) is 4. The Morgan fingerprint density at radius 2 is 2.00 bits per heavy atom. The first-order valence-corrected chi connectivity index (χ1v) is 6.23. The molecule has 0 bridgehead atoms. The number of nitro benzene ring substituents is 1. The van der Waals surface area contributed by atoms with E-state index in [0.717, 1.165) is 5.56 Å². The second kappa shape index (κ2) is 6.87. The van der Waals surface area contributed by atoms with Gasteiger partial charge in [0.05, 0.1) is 11.0 Å². The summed E-state index contributed by atoms with van der Waals surface area (Å²) in [6, 6.07) is 15.7. The smallest absolute Gasteiger partial charge is 0.290 e. The van der Waals surface area contributed by atoms with Crippen LogP contribution in [-0.4, -0.2) is 11.5 Å². The molecular weight excluding hydrogens is 268 g/mol. The normalized spacial score (nSPS) is 10.2. The molecule has 2 aromatic rings. The molecule has 0 fully saturated rings. The van der Waals surface area contributed by atoms with Crippen LogP contribution in [-0.2, 0) is 0 Å². The van der Waals surface area contributed by atoms with Gasteiger partial charge in [-0.05, 0) is 23.8 Å². The predicted molar refractivity (Wildman–Crippen MR) is 78.8 cm³/mol. The molecule has 104 valence electrons. The summed E-state index contributed by atoms with van der Waals surface area (Å²) in [5.41, 5.74) is 0.820. The second-order valence-electron chi connectivity index (χ2n) is 4.17. The number of hydrogen-bond donors (Lipinski definition) is 0. The third kappa shape index (κ3) is 3.91. The summed E-state index contributed by atoms with van der Waals surface area (Å²) >= 11 is 0. The molecule has 0 N–H and O–H groups in total. The number of nitro groups is 1. The van der Waals surface area contributed by atoms with Crippen LogP contribution < -0.4 is 4.74 Å². The first-order chi connectivity index (χ1) is 10.2. The van der Waals surface area contributed by atoms with E-state index < -0.39 is 4.92 Å². The summed E-state index contributed by atoms with van der Waals surface area (Å²) < 4.78 is 5.42. The fraction of sp³-hybridized carbons (Fsp3) is 0.0625. The van der Waals surface area contributed by atoms with Crippen molar-refractivity contribution in [2.24, 2.45) is 0 Å². The molecule has 0 unspecified atom stereocenters. The van der Waals surface area contributed by atoms with Crippen molar-refractivity contribution in [3.05, 3.63) is 75.8 Å². The minimum absolute atomic E-state index is 0.0205. The molecule has 0 aliphatic rings. The van der Waals surface area contributed by atoms with Gasteiger partial charge in [-0.1, -0.05) is 36.4 Å². The molecule has 21 heavy (non-hydrogen) atoms. The van der Waals surface area contributed by atoms with Gasteiger partial charge in [0.2, 0.25) is 0 Å². The van der Waals surface area contributed by atoms with Crippen molar-refractivity contribution in [2.45, 2.75) is 0 Å². The zero-order chi connectivity index (χ0) is 15.1. The molecular formula is C16H12N2O3. The third-order valence-electron chi connectivity index (χ3n) is 2.74. The maximum absolute atomic E-state index is 10.8. The zero-order valence-corrected chi connectivity index (χ0v) is 11.1. The van der Waals surface area contributed by atoms with Crippen LogP contribution in [0.15, 0.2) is 54.6 Å². The van der Waals surface area contributed by atoms with Gasteiger partial charge in [0.15, 0.2) is 0 Å². The van der Waals surface area contributed by atoms with Crippen LogP contribution in [0.4, 0.5) is 5.69 Å².